The normalized spacial score (nSPS) is 11.2. The van der Waals surface area contributed by atoms with Crippen LogP contribution in [-0.2, 0) is 13.0 Å². The molecule has 0 bridgehead atoms. The number of H-pyrrole nitrogens is 1. The van der Waals surface area contributed by atoms with E-state index >= 15 is 0 Å². The molecular weight excluding hydrogens is 404 g/mol. The Hall–Kier alpha value is -3.62. The van der Waals surface area contributed by atoms with E-state index in [1.54, 1.807) is 0 Å². The number of hydrogen-bond donors (Lipinski definition) is 1. The van der Waals surface area contributed by atoms with Crippen LogP contribution in [0.2, 0.25) is 0 Å². The number of ketones is 1. The van der Waals surface area contributed by atoms with Gasteiger partial charge in [0.2, 0.25) is 11.6 Å². The minimum atomic E-state index is 0.0109. The van der Waals surface area contributed by atoms with Gasteiger partial charge in [-0.2, -0.15) is 0 Å². The molecule has 0 aliphatic rings. The van der Waals surface area contributed by atoms with Gasteiger partial charge in [0.15, 0.2) is 5.82 Å². The summed E-state index contributed by atoms with van der Waals surface area (Å²) in [6.45, 7) is 6.75. The molecule has 3 heterocycles. The predicted octanol–water partition coefficient (Wildman–Crippen LogP) is 3.93. The van der Waals surface area contributed by atoms with Crippen LogP contribution >= 0.6 is 0 Å². The smallest absolute Gasteiger partial charge is 0.217 e. The van der Waals surface area contributed by atoms with E-state index in [0.29, 0.717) is 24.6 Å². The Morgan fingerprint density at radius 1 is 1.09 bits per heavy atom. The van der Waals surface area contributed by atoms with Crippen molar-refractivity contribution in [1.29, 1.82) is 0 Å². The first-order chi connectivity index (χ1) is 15.6. The number of rotatable bonds is 10. The van der Waals surface area contributed by atoms with Crippen LogP contribution in [0.4, 0.5) is 0 Å². The van der Waals surface area contributed by atoms with Crippen molar-refractivity contribution in [2.45, 2.75) is 59.4 Å². The Kier molecular flexibility index (Phi) is 6.53. The van der Waals surface area contributed by atoms with E-state index in [-0.39, 0.29) is 5.78 Å². The monoisotopic (exact) mass is 432 g/mol. The maximum absolute atomic E-state index is 12.3. The van der Waals surface area contributed by atoms with E-state index in [0.717, 1.165) is 54.0 Å². The highest BCUT2D eigenvalue weighted by atomic mass is 16.1. The summed E-state index contributed by atoms with van der Waals surface area (Å²) in [6.07, 6.45) is 6.19. The number of aromatic amines is 1. The highest BCUT2D eigenvalue weighted by Gasteiger charge is 2.16. The molecular formula is C23H28N8O. The number of carbonyl (C=O) groups is 1. The molecule has 4 rings (SSSR count). The molecule has 0 aliphatic carbocycles. The van der Waals surface area contributed by atoms with Crippen molar-refractivity contribution in [3.05, 3.63) is 59.3 Å². The van der Waals surface area contributed by atoms with Gasteiger partial charge in [-0.15, -0.1) is 10.2 Å². The Balaban J connectivity index is 1.58. The van der Waals surface area contributed by atoms with Crippen LogP contribution in [0.25, 0.3) is 17.2 Å². The summed E-state index contributed by atoms with van der Waals surface area (Å²) in [5.74, 6) is 1.85. The van der Waals surface area contributed by atoms with Crippen LogP contribution in [-0.4, -0.2) is 45.7 Å². The van der Waals surface area contributed by atoms with Crippen molar-refractivity contribution >= 4 is 5.78 Å². The largest absolute Gasteiger partial charge is 0.314 e. The van der Waals surface area contributed by atoms with Gasteiger partial charge < -0.3 is 4.57 Å². The predicted molar refractivity (Wildman–Crippen MR) is 121 cm³/mol. The highest BCUT2D eigenvalue weighted by molar-refractivity contribution is 5.92. The molecule has 0 radical (unpaired) electrons. The molecule has 0 fully saturated rings. The molecule has 3 aromatic heterocycles. The number of carbonyl (C=O) groups excluding carboxylic acids is 1. The third-order valence-corrected chi connectivity index (χ3v) is 5.43. The number of Topliss-reactive ketones (excluding diaryl/α,β-unsaturated/α-hetero) is 1. The molecule has 0 saturated carbocycles. The Morgan fingerprint density at radius 2 is 1.91 bits per heavy atom. The molecule has 0 amide bonds. The van der Waals surface area contributed by atoms with Crippen molar-refractivity contribution in [3.8, 4) is 17.2 Å². The lowest BCUT2D eigenvalue weighted by molar-refractivity contribution is 0.0971. The van der Waals surface area contributed by atoms with Gasteiger partial charge in [-0.25, -0.2) is 14.8 Å². The van der Waals surface area contributed by atoms with Crippen molar-refractivity contribution in [2.75, 3.05) is 0 Å². The van der Waals surface area contributed by atoms with Gasteiger partial charge >= 0.3 is 0 Å². The number of unbranched alkanes of at least 4 members (excludes halogenated alkanes) is 1. The molecule has 9 nitrogen and oxygen atoms in total. The third-order valence-electron chi connectivity index (χ3n) is 5.43. The van der Waals surface area contributed by atoms with Gasteiger partial charge in [0.25, 0.3) is 0 Å². The summed E-state index contributed by atoms with van der Waals surface area (Å²) >= 11 is 0. The van der Waals surface area contributed by atoms with Crippen molar-refractivity contribution in [2.24, 2.45) is 0 Å². The average molecular weight is 433 g/mol. The van der Waals surface area contributed by atoms with Crippen LogP contribution in [0.3, 0.4) is 0 Å². The number of tetrazole rings is 1. The second-order valence-electron chi connectivity index (χ2n) is 7.92. The van der Waals surface area contributed by atoms with Crippen LogP contribution in [0.5, 0.6) is 0 Å². The summed E-state index contributed by atoms with van der Waals surface area (Å²) in [5.41, 5.74) is 4.12. The first-order valence-electron chi connectivity index (χ1n) is 11.1. The number of aryl methyl sites for hydroxylation is 2. The summed E-state index contributed by atoms with van der Waals surface area (Å²) in [7, 11) is 0. The number of nitrogens with zero attached hydrogens (tertiary/aromatic N) is 7. The second-order valence-corrected chi connectivity index (χ2v) is 7.92. The molecule has 0 spiro atoms. The molecule has 1 N–H and O–H groups in total. The topological polar surface area (TPSA) is 107 Å². The van der Waals surface area contributed by atoms with Crippen LogP contribution < -0.4 is 0 Å². The van der Waals surface area contributed by atoms with E-state index in [4.69, 9.17) is 0 Å². The zero-order valence-electron chi connectivity index (χ0n) is 18.7. The standard InChI is InChI=1S/C23H28N8O/c1-4-6-8-20-24-22(19(32)7-5-2)27-31(20)15-17-9-11-18(12-10-17)30-14-13-16(3)21(30)23-25-28-29-26-23/h9-14H,4-8,15H2,1-3H3,(H,25,26,28,29). The first kappa shape index (κ1) is 21.6. The molecule has 0 aliphatic heterocycles. The molecule has 166 valence electrons. The summed E-state index contributed by atoms with van der Waals surface area (Å²) in [6, 6.07) is 10.3. The lowest BCUT2D eigenvalue weighted by atomic mass is 10.2. The minimum absolute atomic E-state index is 0.0109. The van der Waals surface area contributed by atoms with Crippen LogP contribution in [0, 0.1) is 6.92 Å². The summed E-state index contributed by atoms with van der Waals surface area (Å²) < 4.78 is 3.93. The lowest BCUT2D eigenvalue weighted by Gasteiger charge is -2.10. The Bertz CT molecular complexity index is 1170. The van der Waals surface area contributed by atoms with Gasteiger partial charge in [-0.05, 0) is 59.5 Å². The van der Waals surface area contributed by atoms with Gasteiger partial charge in [0.05, 0.1) is 12.2 Å². The molecule has 4 aromatic rings. The minimum Gasteiger partial charge on any atom is -0.314 e. The van der Waals surface area contributed by atoms with Crippen molar-refractivity contribution in [1.82, 2.24) is 40.0 Å². The fourth-order valence-electron chi connectivity index (χ4n) is 3.72. The van der Waals surface area contributed by atoms with Gasteiger partial charge in [-0.3, -0.25) is 4.79 Å². The SMILES string of the molecule is CCCCc1nc(C(=O)CCC)nn1Cc1ccc(-n2ccc(C)c2-c2nnn[nH]2)cc1. The fourth-order valence-corrected chi connectivity index (χ4v) is 3.72. The fraction of sp³-hybridized carbons (Fsp3) is 0.391. The van der Waals surface area contributed by atoms with Gasteiger partial charge in [0.1, 0.15) is 5.82 Å². The quantitative estimate of drug-likeness (QED) is 0.381. The number of nitrogens with one attached hydrogen (secondary N) is 1. The molecule has 9 heteroatoms. The van der Waals surface area contributed by atoms with E-state index in [2.05, 4.69) is 66.5 Å². The number of hydrogen-bond acceptors (Lipinski definition) is 6. The molecule has 0 atom stereocenters. The van der Waals surface area contributed by atoms with Crippen LogP contribution in [0.1, 0.15) is 67.1 Å². The van der Waals surface area contributed by atoms with Crippen LogP contribution in [0.15, 0.2) is 36.5 Å². The number of benzene rings is 1. The van der Waals surface area contributed by atoms with Crippen molar-refractivity contribution in [3.63, 3.8) is 0 Å². The molecule has 0 saturated heterocycles. The first-order valence-corrected chi connectivity index (χ1v) is 11.1. The third kappa shape index (κ3) is 4.51. The molecule has 0 unspecified atom stereocenters. The highest BCUT2D eigenvalue weighted by Crippen LogP contribution is 2.24. The van der Waals surface area contributed by atoms with E-state index in [1.807, 2.05) is 30.8 Å². The zero-order valence-corrected chi connectivity index (χ0v) is 18.7. The van der Waals surface area contributed by atoms with E-state index in [9.17, 15) is 4.79 Å². The summed E-state index contributed by atoms with van der Waals surface area (Å²) in [5, 5.41) is 18.8. The Morgan fingerprint density at radius 3 is 2.59 bits per heavy atom. The van der Waals surface area contributed by atoms with Gasteiger partial charge in [0, 0.05) is 24.7 Å². The zero-order chi connectivity index (χ0) is 22.5. The lowest BCUT2D eigenvalue weighted by Crippen LogP contribution is -2.08. The number of aromatic nitrogens is 8. The Labute approximate surface area is 186 Å². The maximum Gasteiger partial charge on any atom is 0.217 e. The van der Waals surface area contributed by atoms with Crippen molar-refractivity contribution < 1.29 is 4.79 Å². The van der Waals surface area contributed by atoms with Gasteiger partial charge in [-0.1, -0.05) is 32.4 Å². The second kappa shape index (κ2) is 9.67. The summed E-state index contributed by atoms with van der Waals surface area (Å²) in [4.78, 5) is 16.9. The van der Waals surface area contributed by atoms with E-state index in [1.165, 1.54) is 0 Å². The average Bonchev–Trinajstić information content (AvgIpc) is 3.53. The molecule has 32 heavy (non-hydrogen) atoms. The molecule has 1 aromatic carbocycles. The maximum atomic E-state index is 12.3. The van der Waals surface area contributed by atoms with E-state index < -0.39 is 0 Å².